The van der Waals surface area contributed by atoms with Gasteiger partial charge in [-0.25, -0.2) is 0 Å². The van der Waals surface area contributed by atoms with Crippen LogP contribution >= 0.6 is 12.2 Å². The van der Waals surface area contributed by atoms with Crippen LogP contribution in [0, 0.1) is 20.8 Å². The summed E-state index contributed by atoms with van der Waals surface area (Å²) in [5, 5.41) is 0.122. The Balaban J connectivity index is 2.12. The fourth-order valence-corrected chi connectivity index (χ4v) is 3.02. The highest BCUT2D eigenvalue weighted by Crippen LogP contribution is 2.24. The molecule has 2 N–H and O–H groups in total. The zero-order chi connectivity index (χ0) is 20.0. The number of nitrogens with two attached hydrogens (primary N) is 1. The number of aryl methyl sites for hydroxylation is 3. The molecule has 0 unspecified atom stereocenters. The molecule has 5 heteroatoms. The van der Waals surface area contributed by atoms with Gasteiger partial charge in [-0.1, -0.05) is 37.3 Å². The lowest BCUT2D eigenvalue weighted by Crippen LogP contribution is -2.20. The molecule has 2 rings (SSSR count). The molecule has 0 saturated heterocycles. The molecule has 0 amide bonds. The van der Waals surface area contributed by atoms with Gasteiger partial charge < -0.3 is 15.4 Å². The fraction of sp³-hybridized carbons (Fsp3) is 0.364. The van der Waals surface area contributed by atoms with E-state index in [0.29, 0.717) is 5.84 Å². The number of aliphatic imine (C=N–C) groups is 1. The minimum atomic E-state index is 0.122. The highest BCUT2D eigenvalue weighted by atomic mass is 32.1. The number of thiocarbonyl (C=S) groups is 1. The van der Waals surface area contributed by atoms with Crippen LogP contribution in [0.3, 0.4) is 0 Å². The third-order valence-corrected chi connectivity index (χ3v) is 4.94. The highest BCUT2D eigenvalue weighted by molar-refractivity contribution is 7.80. The van der Waals surface area contributed by atoms with E-state index in [2.05, 4.69) is 36.9 Å². The average Bonchev–Trinajstić information content (AvgIpc) is 2.63. The number of likely N-dealkylation sites (N-methyl/N-ethyl adjacent to an activating group) is 1. The predicted molar refractivity (Wildman–Crippen MR) is 118 cm³/mol. The Morgan fingerprint density at radius 3 is 2.48 bits per heavy atom. The number of nitrogens with zero attached hydrogens (tertiary/aromatic N) is 2. The van der Waals surface area contributed by atoms with Crippen molar-refractivity contribution >= 4 is 23.2 Å². The minimum absolute atomic E-state index is 0.122. The Morgan fingerprint density at radius 1 is 1.11 bits per heavy atom. The Morgan fingerprint density at radius 2 is 1.81 bits per heavy atom. The second-order valence-electron chi connectivity index (χ2n) is 6.87. The molecule has 0 aliphatic rings. The normalized spacial score (nSPS) is 11.7. The molecule has 0 bridgehead atoms. The van der Waals surface area contributed by atoms with E-state index in [1.54, 1.807) is 0 Å². The van der Waals surface area contributed by atoms with Crippen molar-refractivity contribution in [1.29, 1.82) is 0 Å². The number of rotatable bonds is 6. The molecule has 2 aromatic carbocycles. The van der Waals surface area contributed by atoms with E-state index in [1.807, 2.05) is 44.2 Å². The second kappa shape index (κ2) is 9.62. The molecule has 0 heterocycles. The minimum Gasteiger partial charge on any atom is -0.430 e. The van der Waals surface area contributed by atoms with E-state index in [1.165, 1.54) is 11.1 Å². The average molecular weight is 384 g/mol. The first kappa shape index (κ1) is 21.1. The molecule has 2 aromatic rings. The second-order valence-corrected chi connectivity index (χ2v) is 7.22. The molecule has 27 heavy (non-hydrogen) atoms. The smallest absolute Gasteiger partial charge is 0.290 e. The number of hydrogen-bond acceptors (Lipinski definition) is 3. The van der Waals surface area contributed by atoms with Crippen molar-refractivity contribution in [3.63, 3.8) is 0 Å². The van der Waals surface area contributed by atoms with Gasteiger partial charge in [-0.05, 0) is 81.3 Å². The Bertz CT molecular complexity index is 845. The number of benzene rings is 2. The van der Waals surface area contributed by atoms with Crippen LogP contribution in [0.25, 0.3) is 0 Å². The van der Waals surface area contributed by atoms with E-state index < -0.39 is 0 Å². The summed E-state index contributed by atoms with van der Waals surface area (Å²) in [6.07, 6.45) is 1.01. The van der Waals surface area contributed by atoms with Crippen LogP contribution < -0.4 is 10.5 Å². The van der Waals surface area contributed by atoms with Crippen LogP contribution in [0.2, 0.25) is 0 Å². The predicted octanol–water partition coefficient (Wildman–Crippen LogP) is 4.18. The van der Waals surface area contributed by atoms with Crippen molar-refractivity contribution in [3.8, 4) is 5.75 Å². The van der Waals surface area contributed by atoms with E-state index >= 15 is 0 Å². The molecule has 0 saturated carbocycles. The monoisotopic (exact) mass is 383 g/mol. The van der Waals surface area contributed by atoms with Gasteiger partial charge in [0.15, 0.2) is 0 Å². The van der Waals surface area contributed by atoms with Gasteiger partial charge in [-0.15, -0.1) is 0 Å². The maximum atomic E-state index is 6.10. The lowest BCUT2D eigenvalue weighted by Gasteiger charge is -2.16. The fourth-order valence-electron chi connectivity index (χ4n) is 2.83. The SMILES string of the molecule is CCN(C)CCc1cc(C)c(OC(=S)N=C(N)c2ccccc2C)cc1C. The summed E-state index contributed by atoms with van der Waals surface area (Å²) < 4.78 is 5.81. The van der Waals surface area contributed by atoms with Crippen LogP contribution in [-0.2, 0) is 6.42 Å². The third kappa shape index (κ3) is 5.88. The van der Waals surface area contributed by atoms with Crippen molar-refractivity contribution in [3.05, 3.63) is 64.2 Å². The van der Waals surface area contributed by atoms with Gasteiger partial charge in [-0.2, -0.15) is 4.99 Å². The molecule has 0 spiro atoms. The third-order valence-electron chi connectivity index (χ3n) is 4.77. The Hall–Kier alpha value is -2.24. The summed E-state index contributed by atoms with van der Waals surface area (Å²) in [5.41, 5.74) is 11.6. The van der Waals surface area contributed by atoms with Gasteiger partial charge in [0.2, 0.25) is 0 Å². The van der Waals surface area contributed by atoms with Gasteiger partial charge in [0.05, 0.1) is 0 Å². The highest BCUT2D eigenvalue weighted by Gasteiger charge is 2.10. The summed E-state index contributed by atoms with van der Waals surface area (Å²) in [4.78, 5) is 6.57. The van der Waals surface area contributed by atoms with Crippen LogP contribution in [0.1, 0.15) is 34.7 Å². The first-order valence-electron chi connectivity index (χ1n) is 9.22. The summed E-state index contributed by atoms with van der Waals surface area (Å²) in [6.45, 7) is 10.4. The van der Waals surface area contributed by atoms with Crippen LogP contribution in [0.4, 0.5) is 0 Å². The molecule has 4 nitrogen and oxygen atoms in total. The first-order valence-corrected chi connectivity index (χ1v) is 9.63. The standard InChI is InChI=1S/C22H29N3OS/c1-6-25(5)12-11-18-13-17(4)20(14-16(18)3)26-22(27)24-21(23)19-10-8-7-9-15(19)2/h7-10,13-14H,6,11-12H2,1-5H3,(H2,23,24,27). The van der Waals surface area contributed by atoms with Gasteiger partial charge in [-0.3, -0.25) is 0 Å². The molecule has 0 aliphatic carbocycles. The molecular weight excluding hydrogens is 354 g/mol. The van der Waals surface area contributed by atoms with Gasteiger partial charge in [0.25, 0.3) is 5.17 Å². The Labute approximate surface area is 168 Å². The maximum Gasteiger partial charge on any atom is 0.290 e. The summed E-state index contributed by atoms with van der Waals surface area (Å²) in [5.74, 6) is 1.10. The van der Waals surface area contributed by atoms with Crippen molar-refractivity contribution < 1.29 is 4.74 Å². The zero-order valence-corrected chi connectivity index (χ0v) is 17.7. The van der Waals surface area contributed by atoms with E-state index in [9.17, 15) is 0 Å². The molecular formula is C22H29N3OS. The van der Waals surface area contributed by atoms with Crippen LogP contribution in [-0.4, -0.2) is 36.0 Å². The Kier molecular flexibility index (Phi) is 7.51. The quantitative estimate of drug-likeness (QED) is 0.462. The molecule has 0 atom stereocenters. The largest absolute Gasteiger partial charge is 0.430 e. The summed E-state index contributed by atoms with van der Waals surface area (Å²) >= 11 is 5.30. The topological polar surface area (TPSA) is 50.8 Å². The van der Waals surface area contributed by atoms with Gasteiger partial charge >= 0.3 is 0 Å². The van der Waals surface area contributed by atoms with E-state index in [4.69, 9.17) is 22.7 Å². The maximum absolute atomic E-state index is 6.10. The summed E-state index contributed by atoms with van der Waals surface area (Å²) in [7, 11) is 2.13. The molecule has 0 aromatic heterocycles. The van der Waals surface area contributed by atoms with Crippen molar-refractivity contribution in [2.24, 2.45) is 10.7 Å². The lowest BCUT2D eigenvalue weighted by atomic mass is 10.0. The van der Waals surface area contributed by atoms with Crippen molar-refractivity contribution in [2.45, 2.75) is 34.1 Å². The van der Waals surface area contributed by atoms with Crippen molar-refractivity contribution in [2.75, 3.05) is 20.1 Å². The van der Waals surface area contributed by atoms with Gasteiger partial charge in [0.1, 0.15) is 11.6 Å². The molecule has 0 radical (unpaired) electrons. The van der Waals surface area contributed by atoms with Crippen molar-refractivity contribution in [1.82, 2.24) is 4.90 Å². The first-order chi connectivity index (χ1) is 12.8. The van der Waals surface area contributed by atoms with E-state index in [-0.39, 0.29) is 5.17 Å². The number of hydrogen-bond donors (Lipinski definition) is 1. The molecule has 0 aliphatic heterocycles. The molecule has 0 fully saturated rings. The lowest BCUT2D eigenvalue weighted by molar-refractivity contribution is 0.357. The number of ether oxygens (including phenoxy) is 1. The number of amidine groups is 1. The van der Waals surface area contributed by atoms with Gasteiger partial charge in [0, 0.05) is 12.1 Å². The summed E-state index contributed by atoms with van der Waals surface area (Å²) in [6, 6.07) is 12.0. The zero-order valence-electron chi connectivity index (χ0n) is 16.9. The molecule has 144 valence electrons. The van der Waals surface area contributed by atoms with Crippen LogP contribution in [0.5, 0.6) is 5.75 Å². The van der Waals surface area contributed by atoms with Crippen LogP contribution in [0.15, 0.2) is 41.4 Å². The van der Waals surface area contributed by atoms with E-state index in [0.717, 1.165) is 42.0 Å².